The molecule has 2 atom stereocenters. The van der Waals surface area contributed by atoms with Crippen LogP contribution in [0.5, 0.6) is 0 Å². The first-order valence-corrected chi connectivity index (χ1v) is 16.1. The summed E-state index contributed by atoms with van der Waals surface area (Å²) in [5, 5.41) is 5.50. The van der Waals surface area contributed by atoms with E-state index in [1.54, 1.807) is 38.7 Å². The molecule has 5 rings (SSSR count). The van der Waals surface area contributed by atoms with Crippen molar-refractivity contribution in [1.29, 1.82) is 0 Å². The topological polar surface area (TPSA) is 156 Å². The number of hydrazine groups is 1. The highest BCUT2D eigenvalue weighted by molar-refractivity contribution is 7.09. The van der Waals surface area contributed by atoms with Gasteiger partial charge < -0.3 is 19.4 Å². The van der Waals surface area contributed by atoms with Gasteiger partial charge in [-0.1, -0.05) is 30.3 Å². The second kappa shape index (κ2) is 13.8. The molecule has 1 saturated heterocycles. The molecule has 1 fully saturated rings. The van der Waals surface area contributed by atoms with Gasteiger partial charge in [0.1, 0.15) is 22.4 Å². The number of nitrogens with zero attached hydrogens (tertiary/aromatic N) is 3. The van der Waals surface area contributed by atoms with Crippen LogP contribution in [0.15, 0.2) is 70.8 Å². The van der Waals surface area contributed by atoms with Crippen molar-refractivity contribution in [3.8, 4) is 11.5 Å². The monoisotopic (exact) mass is 658 g/mol. The van der Waals surface area contributed by atoms with Crippen LogP contribution in [0.1, 0.15) is 83.6 Å². The molecule has 0 spiro atoms. The van der Waals surface area contributed by atoms with E-state index in [4.69, 9.17) is 9.15 Å². The van der Waals surface area contributed by atoms with E-state index < -0.39 is 29.0 Å². The number of alkyl carbamates (subject to hydrolysis) is 1. The summed E-state index contributed by atoms with van der Waals surface area (Å²) in [5.74, 6) is -1.40. The summed E-state index contributed by atoms with van der Waals surface area (Å²) in [6, 6.07) is 13.6. The minimum atomic E-state index is -1.50. The highest BCUT2D eigenvalue weighted by atomic mass is 32.1. The zero-order valence-electron chi connectivity index (χ0n) is 27.0. The third-order valence-corrected chi connectivity index (χ3v) is 8.59. The number of hydrogen-bond donors (Lipinski definition) is 3. The maximum absolute atomic E-state index is 13.9. The van der Waals surface area contributed by atoms with Crippen molar-refractivity contribution in [1.82, 2.24) is 31.0 Å². The molecule has 13 heteroatoms. The number of carbonyl (C=O) groups is 4. The van der Waals surface area contributed by atoms with E-state index in [0.29, 0.717) is 12.1 Å². The molecule has 4 aromatic rings. The molecular weight excluding hydrogens is 620 g/mol. The van der Waals surface area contributed by atoms with Crippen LogP contribution in [-0.2, 0) is 16.0 Å². The van der Waals surface area contributed by atoms with Gasteiger partial charge in [0, 0.05) is 40.7 Å². The lowest BCUT2D eigenvalue weighted by Gasteiger charge is -2.31. The fraction of sp³-hybridized carbons (Fsp3) is 0.353. The Balaban J connectivity index is 1.37. The molecule has 0 bridgehead atoms. The third kappa shape index (κ3) is 8.22. The smallest absolute Gasteiger partial charge is 0.408 e. The van der Waals surface area contributed by atoms with Gasteiger partial charge in [-0.3, -0.25) is 25.2 Å². The van der Waals surface area contributed by atoms with E-state index in [9.17, 15) is 19.2 Å². The average molecular weight is 659 g/mol. The molecule has 2 aromatic heterocycles. The van der Waals surface area contributed by atoms with Gasteiger partial charge in [0.25, 0.3) is 17.7 Å². The first kappa shape index (κ1) is 33.3. The second-order valence-corrected chi connectivity index (χ2v) is 13.5. The van der Waals surface area contributed by atoms with Crippen molar-refractivity contribution in [3.05, 3.63) is 93.8 Å². The minimum Gasteiger partial charge on any atom is -0.445 e. The summed E-state index contributed by atoms with van der Waals surface area (Å²) in [5.41, 5.74) is 5.05. The summed E-state index contributed by atoms with van der Waals surface area (Å²) < 4.78 is 10.9. The van der Waals surface area contributed by atoms with Crippen LogP contribution in [0, 0.1) is 6.92 Å². The number of benzene rings is 2. The molecule has 0 radical (unpaired) electrons. The maximum Gasteiger partial charge on any atom is 0.408 e. The predicted molar refractivity (Wildman–Crippen MR) is 175 cm³/mol. The number of oxazole rings is 1. The van der Waals surface area contributed by atoms with Gasteiger partial charge >= 0.3 is 6.09 Å². The van der Waals surface area contributed by atoms with E-state index in [-0.39, 0.29) is 35.4 Å². The van der Waals surface area contributed by atoms with Crippen molar-refractivity contribution >= 4 is 35.2 Å². The van der Waals surface area contributed by atoms with Crippen LogP contribution in [-0.4, -0.2) is 56.4 Å². The molecule has 4 amide bonds. The summed E-state index contributed by atoms with van der Waals surface area (Å²) in [4.78, 5) is 64.4. The lowest BCUT2D eigenvalue weighted by molar-refractivity contribution is -0.127. The average Bonchev–Trinajstić information content (AvgIpc) is 3.81. The van der Waals surface area contributed by atoms with Crippen LogP contribution >= 0.6 is 11.3 Å². The normalized spacial score (nSPS) is 15.9. The second-order valence-electron chi connectivity index (χ2n) is 12.6. The van der Waals surface area contributed by atoms with Crippen LogP contribution in [0.2, 0.25) is 0 Å². The Kier molecular flexibility index (Phi) is 9.75. The molecule has 0 saturated carbocycles. The lowest BCUT2D eigenvalue weighted by atomic mass is 9.92. The van der Waals surface area contributed by atoms with Crippen molar-refractivity contribution in [3.63, 3.8) is 0 Å². The zero-order valence-corrected chi connectivity index (χ0v) is 27.8. The molecule has 2 aromatic carbocycles. The Labute approximate surface area is 276 Å². The number of carbonyl (C=O) groups excluding carboxylic acids is 4. The lowest BCUT2D eigenvalue weighted by Crippen LogP contribution is -2.61. The number of aromatic nitrogens is 2. The quantitative estimate of drug-likeness (QED) is 0.214. The van der Waals surface area contributed by atoms with Crippen molar-refractivity contribution in [2.45, 2.75) is 71.1 Å². The van der Waals surface area contributed by atoms with E-state index in [0.717, 1.165) is 29.1 Å². The molecule has 0 aliphatic carbocycles. The molecule has 1 aliphatic rings. The fourth-order valence-corrected chi connectivity index (χ4v) is 6.31. The highest BCUT2D eigenvalue weighted by Gasteiger charge is 2.37. The van der Waals surface area contributed by atoms with Crippen LogP contribution in [0.4, 0.5) is 4.79 Å². The van der Waals surface area contributed by atoms with Gasteiger partial charge in [-0.15, -0.1) is 11.3 Å². The molecule has 12 nitrogen and oxygen atoms in total. The van der Waals surface area contributed by atoms with Gasteiger partial charge in [0.05, 0.1) is 12.2 Å². The van der Waals surface area contributed by atoms with Gasteiger partial charge in [-0.2, -0.15) is 0 Å². The van der Waals surface area contributed by atoms with Crippen LogP contribution < -0.4 is 16.2 Å². The van der Waals surface area contributed by atoms with Crippen molar-refractivity contribution in [2.75, 3.05) is 6.54 Å². The van der Waals surface area contributed by atoms with Crippen LogP contribution in [0.25, 0.3) is 11.5 Å². The van der Waals surface area contributed by atoms with Gasteiger partial charge in [-0.25, -0.2) is 14.8 Å². The Bertz CT molecular complexity index is 1750. The maximum atomic E-state index is 13.9. The van der Waals surface area contributed by atoms with E-state index in [2.05, 4.69) is 26.1 Å². The fourth-order valence-electron chi connectivity index (χ4n) is 5.37. The molecule has 47 heavy (non-hydrogen) atoms. The minimum absolute atomic E-state index is 0.0926. The van der Waals surface area contributed by atoms with Crippen molar-refractivity contribution < 1.29 is 28.3 Å². The standard InChI is InChI=1S/C34H38N6O6S/c1-21-20-47-29(36-21)26-12-9-14-40(26)30(42)25-17-23(16-24(18-25)28-35-13-15-45-28)27(41)38-39-31(43)34(5,19-22-10-7-6-8-11-22)37-32(44)46-33(2,3)4/h6-8,10-11,13,15-18,20,26H,9,12,14,19H2,1-5H3,(H,37,44)(H,38,41)(H,39,43). The van der Waals surface area contributed by atoms with Gasteiger partial charge in [-0.05, 0) is 71.2 Å². The molecular formula is C34H38N6O6S. The summed E-state index contributed by atoms with van der Waals surface area (Å²) in [6.45, 7) is 9.17. The van der Waals surface area contributed by atoms with Gasteiger partial charge in [0.15, 0.2) is 0 Å². The SMILES string of the molecule is Cc1csc(C2CCCN2C(=O)c2cc(C(=O)NNC(=O)C(C)(Cc3ccccc3)NC(=O)OC(C)(C)C)cc(-c3ncco3)c2)n1. The van der Waals surface area contributed by atoms with Crippen molar-refractivity contribution in [2.24, 2.45) is 0 Å². The number of nitrogens with one attached hydrogen (secondary N) is 3. The largest absolute Gasteiger partial charge is 0.445 e. The number of likely N-dealkylation sites (tertiary alicyclic amines) is 1. The number of thiazole rings is 1. The van der Waals surface area contributed by atoms with E-state index in [1.807, 2.05) is 42.6 Å². The highest BCUT2D eigenvalue weighted by Crippen LogP contribution is 2.35. The summed E-state index contributed by atoms with van der Waals surface area (Å²) in [7, 11) is 0. The first-order chi connectivity index (χ1) is 22.3. The Morgan fingerprint density at radius 3 is 2.45 bits per heavy atom. The number of hydrogen-bond acceptors (Lipinski definition) is 9. The number of rotatable bonds is 8. The number of ether oxygens (including phenoxy) is 1. The predicted octanol–water partition coefficient (Wildman–Crippen LogP) is 5.37. The Hall–Kier alpha value is -5.04. The van der Waals surface area contributed by atoms with E-state index >= 15 is 0 Å². The number of aryl methyl sites for hydroxylation is 1. The Morgan fingerprint density at radius 1 is 1.04 bits per heavy atom. The summed E-state index contributed by atoms with van der Waals surface area (Å²) in [6.07, 6.45) is 3.81. The zero-order chi connectivity index (χ0) is 33.8. The molecule has 3 N–H and O–H groups in total. The van der Waals surface area contributed by atoms with Gasteiger partial charge in [0.2, 0.25) is 5.89 Å². The van der Waals surface area contributed by atoms with Crippen LogP contribution in [0.3, 0.4) is 0 Å². The number of amides is 4. The molecule has 3 heterocycles. The molecule has 2 unspecified atom stereocenters. The first-order valence-electron chi connectivity index (χ1n) is 15.3. The third-order valence-electron chi connectivity index (χ3n) is 7.52. The van der Waals surface area contributed by atoms with E-state index in [1.165, 1.54) is 35.9 Å². The summed E-state index contributed by atoms with van der Waals surface area (Å²) >= 11 is 1.52. The molecule has 1 aliphatic heterocycles. The Morgan fingerprint density at radius 2 is 1.79 bits per heavy atom. The molecule has 246 valence electrons.